The van der Waals surface area contributed by atoms with Crippen molar-refractivity contribution in [3.8, 4) is 11.5 Å². The van der Waals surface area contributed by atoms with E-state index in [0.29, 0.717) is 5.75 Å². The Morgan fingerprint density at radius 3 is 2.27 bits per heavy atom. The quantitative estimate of drug-likeness (QED) is 0.806. The van der Waals surface area contributed by atoms with Gasteiger partial charge in [0.15, 0.2) is 11.5 Å². The maximum Gasteiger partial charge on any atom is 0.161 e. The molecule has 0 saturated carbocycles. The number of aromatic hydroxyl groups is 1. The lowest BCUT2D eigenvalue weighted by atomic mass is 9.86. The molecule has 0 atom stereocenters. The van der Waals surface area contributed by atoms with Crippen LogP contribution >= 0.6 is 0 Å². The number of ether oxygens (including phenoxy) is 1. The summed E-state index contributed by atoms with van der Waals surface area (Å²) in [6.07, 6.45) is 0.0751. The first-order valence-corrected chi connectivity index (χ1v) is 5.31. The third-order valence-corrected chi connectivity index (χ3v) is 2.17. The van der Waals surface area contributed by atoms with Gasteiger partial charge in [-0.2, -0.15) is 0 Å². The standard InChI is InChI=1S/C13H20O2/c1-9(2)15-11-8-6-7-10(12(11)14)13(3,4)5/h6-9,14H,1-5H3. The SMILES string of the molecule is CC(C)Oc1cccc(C(C)(C)C)c1O. The van der Waals surface area contributed by atoms with E-state index in [1.807, 2.05) is 26.0 Å². The highest BCUT2D eigenvalue weighted by Crippen LogP contribution is 2.37. The van der Waals surface area contributed by atoms with Gasteiger partial charge in [-0.1, -0.05) is 32.9 Å². The molecule has 1 N–H and O–H groups in total. The van der Waals surface area contributed by atoms with Gasteiger partial charge in [-0.15, -0.1) is 0 Å². The lowest BCUT2D eigenvalue weighted by Crippen LogP contribution is -2.13. The molecule has 1 aromatic rings. The van der Waals surface area contributed by atoms with E-state index in [2.05, 4.69) is 20.8 Å². The van der Waals surface area contributed by atoms with E-state index in [9.17, 15) is 5.11 Å². The van der Waals surface area contributed by atoms with Crippen LogP contribution in [0.2, 0.25) is 0 Å². The summed E-state index contributed by atoms with van der Waals surface area (Å²) in [5.74, 6) is 0.830. The van der Waals surface area contributed by atoms with E-state index in [-0.39, 0.29) is 17.3 Å². The van der Waals surface area contributed by atoms with Crippen molar-refractivity contribution in [1.82, 2.24) is 0 Å². The molecule has 0 fully saturated rings. The number of benzene rings is 1. The minimum Gasteiger partial charge on any atom is -0.504 e. The second-order valence-corrected chi connectivity index (χ2v) is 5.07. The van der Waals surface area contributed by atoms with E-state index in [1.165, 1.54) is 0 Å². The fraction of sp³-hybridized carbons (Fsp3) is 0.538. The molecule has 0 aliphatic carbocycles. The largest absolute Gasteiger partial charge is 0.504 e. The molecule has 0 unspecified atom stereocenters. The second kappa shape index (κ2) is 4.13. The van der Waals surface area contributed by atoms with Crippen molar-refractivity contribution in [3.05, 3.63) is 23.8 Å². The molecule has 0 amide bonds. The Morgan fingerprint density at radius 1 is 1.20 bits per heavy atom. The van der Waals surface area contributed by atoms with Gasteiger partial charge in [0.25, 0.3) is 0 Å². The average Bonchev–Trinajstić information content (AvgIpc) is 2.05. The van der Waals surface area contributed by atoms with Gasteiger partial charge in [0.1, 0.15) is 0 Å². The summed E-state index contributed by atoms with van der Waals surface area (Å²) in [6.45, 7) is 10.1. The molecule has 0 spiro atoms. The molecular weight excluding hydrogens is 188 g/mol. The molecule has 0 aliphatic heterocycles. The number of rotatable bonds is 2. The van der Waals surface area contributed by atoms with Crippen LogP contribution in [0, 0.1) is 0 Å². The molecule has 84 valence electrons. The van der Waals surface area contributed by atoms with E-state index in [4.69, 9.17) is 4.74 Å². The van der Waals surface area contributed by atoms with Crippen LogP contribution in [0.3, 0.4) is 0 Å². The van der Waals surface area contributed by atoms with Gasteiger partial charge in [-0.05, 0) is 25.3 Å². The molecular formula is C13H20O2. The highest BCUT2D eigenvalue weighted by molar-refractivity contribution is 5.48. The van der Waals surface area contributed by atoms with Crippen molar-refractivity contribution < 1.29 is 9.84 Å². The Kier molecular flexibility index (Phi) is 3.28. The smallest absolute Gasteiger partial charge is 0.161 e. The Morgan fingerprint density at radius 2 is 1.80 bits per heavy atom. The van der Waals surface area contributed by atoms with E-state index in [1.54, 1.807) is 6.07 Å². The van der Waals surface area contributed by atoms with Crippen LogP contribution in [0.15, 0.2) is 18.2 Å². The lowest BCUT2D eigenvalue weighted by molar-refractivity contribution is 0.230. The van der Waals surface area contributed by atoms with Crippen molar-refractivity contribution in [2.24, 2.45) is 0 Å². The summed E-state index contributed by atoms with van der Waals surface area (Å²) in [5.41, 5.74) is 0.848. The number of hydrogen-bond donors (Lipinski definition) is 1. The van der Waals surface area contributed by atoms with E-state index in [0.717, 1.165) is 5.56 Å². The van der Waals surface area contributed by atoms with Gasteiger partial charge in [0.2, 0.25) is 0 Å². The van der Waals surface area contributed by atoms with Gasteiger partial charge in [-0.25, -0.2) is 0 Å². The van der Waals surface area contributed by atoms with Crippen molar-refractivity contribution in [2.45, 2.75) is 46.1 Å². The Hall–Kier alpha value is -1.18. The second-order valence-electron chi connectivity index (χ2n) is 5.07. The zero-order valence-corrected chi connectivity index (χ0v) is 10.2. The summed E-state index contributed by atoms with van der Waals surface area (Å²) in [4.78, 5) is 0. The fourth-order valence-electron chi connectivity index (χ4n) is 1.48. The average molecular weight is 208 g/mol. The first kappa shape index (κ1) is 11.9. The fourth-order valence-corrected chi connectivity index (χ4v) is 1.48. The highest BCUT2D eigenvalue weighted by Gasteiger charge is 2.20. The summed E-state index contributed by atoms with van der Waals surface area (Å²) in [5, 5.41) is 10.0. The predicted molar refractivity (Wildman–Crippen MR) is 62.6 cm³/mol. The molecule has 0 saturated heterocycles. The summed E-state index contributed by atoms with van der Waals surface area (Å²) in [6, 6.07) is 5.64. The van der Waals surface area contributed by atoms with Gasteiger partial charge in [0, 0.05) is 5.56 Å². The summed E-state index contributed by atoms with van der Waals surface area (Å²) < 4.78 is 5.53. The first-order valence-electron chi connectivity index (χ1n) is 5.31. The number of phenols is 1. The molecule has 0 heterocycles. The Labute approximate surface area is 91.9 Å². The third-order valence-electron chi connectivity index (χ3n) is 2.17. The van der Waals surface area contributed by atoms with Crippen molar-refractivity contribution in [1.29, 1.82) is 0 Å². The normalized spacial score (nSPS) is 11.9. The first-order chi connectivity index (χ1) is 6.82. The van der Waals surface area contributed by atoms with Crippen molar-refractivity contribution >= 4 is 0 Å². The van der Waals surface area contributed by atoms with Crippen LogP contribution in [-0.4, -0.2) is 11.2 Å². The van der Waals surface area contributed by atoms with Gasteiger partial charge >= 0.3 is 0 Å². The molecule has 0 aromatic heterocycles. The van der Waals surface area contributed by atoms with E-state index < -0.39 is 0 Å². The minimum atomic E-state index is -0.0690. The maximum absolute atomic E-state index is 10.0. The highest BCUT2D eigenvalue weighted by atomic mass is 16.5. The van der Waals surface area contributed by atoms with Crippen LogP contribution in [-0.2, 0) is 5.41 Å². The van der Waals surface area contributed by atoms with Crippen LogP contribution in [0.1, 0.15) is 40.2 Å². The number of phenolic OH excluding ortho intramolecular Hbond substituents is 1. The predicted octanol–water partition coefficient (Wildman–Crippen LogP) is 3.48. The Balaban J connectivity index is 3.12. The van der Waals surface area contributed by atoms with Gasteiger partial charge in [-0.3, -0.25) is 0 Å². The molecule has 0 bridgehead atoms. The minimum absolute atomic E-state index is 0.0690. The van der Waals surface area contributed by atoms with Gasteiger partial charge in [0.05, 0.1) is 6.10 Å². The van der Waals surface area contributed by atoms with Crippen LogP contribution in [0.5, 0.6) is 11.5 Å². The number of hydrogen-bond acceptors (Lipinski definition) is 2. The van der Waals surface area contributed by atoms with Gasteiger partial charge < -0.3 is 9.84 Å². The molecule has 2 heteroatoms. The molecule has 0 radical (unpaired) electrons. The number of para-hydroxylation sites is 1. The van der Waals surface area contributed by atoms with Crippen LogP contribution in [0.4, 0.5) is 0 Å². The molecule has 1 rings (SSSR count). The lowest BCUT2D eigenvalue weighted by Gasteiger charge is -2.22. The maximum atomic E-state index is 10.0. The van der Waals surface area contributed by atoms with Crippen molar-refractivity contribution in [3.63, 3.8) is 0 Å². The summed E-state index contributed by atoms with van der Waals surface area (Å²) in [7, 11) is 0. The Bertz CT molecular complexity index is 335. The monoisotopic (exact) mass is 208 g/mol. The van der Waals surface area contributed by atoms with Crippen LogP contribution in [0.25, 0.3) is 0 Å². The topological polar surface area (TPSA) is 29.5 Å². The zero-order chi connectivity index (χ0) is 11.6. The van der Waals surface area contributed by atoms with Crippen molar-refractivity contribution in [2.75, 3.05) is 0 Å². The van der Waals surface area contributed by atoms with Crippen LogP contribution < -0.4 is 4.74 Å². The summed E-state index contributed by atoms with van der Waals surface area (Å²) >= 11 is 0. The zero-order valence-electron chi connectivity index (χ0n) is 10.2. The third kappa shape index (κ3) is 2.88. The molecule has 15 heavy (non-hydrogen) atoms. The molecule has 1 aromatic carbocycles. The molecule has 0 aliphatic rings. The molecule has 2 nitrogen and oxygen atoms in total. The van der Waals surface area contributed by atoms with E-state index >= 15 is 0 Å².